The molecule has 0 radical (unpaired) electrons. The standard InChI is InChI=1S/C74H46FN3/c75-65-32-12-13-33-66(65)78(67-34-16-31-64-71(67)58-25-8-11-30-63(58)74(64)61-28-9-6-21-54(61)55-22-7-10-29-62(55)74)52-41-37-49(38-42-52)70-57-24-5-4-23-56(57)69(72-59-26-14-17-47-18-15-27-60(68(47)59)73(70)72)48-35-39-51(40-36-48)77(50-19-2-1-3-20-50)53-43-45-76-46-44-53/h1-46H. The van der Waals surface area contributed by atoms with Gasteiger partial charge in [-0.1, -0.05) is 200 Å². The van der Waals surface area contributed by atoms with Gasteiger partial charge >= 0.3 is 0 Å². The number of aromatic nitrogens is 1. The Morgan fingerprint density at radius 3 is 1.33 bits per heavy atom. The van der Waals surface area contributed by atoms with Crippen LogP contribution in [0.2, 0.25) is 0 Å². The van der Waals surface area contributed by atoms with Gasteiger partial charge in [0.15, 0.2) is 0 Å². The second kappa shape index (κ2) is 17.2. The molecule has 0 saturated heterocycles. The number of rotatable bonds is 8. The summed E-state index contributed by atoms with van der Waals surface area (Å²) in [4.78, 5) is 8.75. The first-order chi connectivity index (χ1) is 38.7. The highest BCUT2D eigenvalue weighted by Gasteiger charge is 2.52. The lowest BCUT2D eigenvalue weighted by molar-refractivity contribution is 0.629. The molecule has 1 heterocycles. The van der Waals surface area contributed by atoms with E-state index in [2.05, 4.69) is 257 Å². The van der Waals surface area contributed by atoms with Gasteiger partial charge in [0.25, 0.3) is 0 Å². The number of para-hydroxylation sites is 2. The molecule has 364 valence electrons. The Balaban J connectivity index is 0.889. The zero-order valence-corrected chi connectivity index (χ0v) is 42.3. The summed E-state index contributed by atoms with van der Waals surface area (Å²) in [6.07, 6.45) is 3.69. The van der Waals surface area contributed by atoms with Crippen molar-refractivity contribution >= 4 is 55.7 Å². The molecule has 1 aromatic heterocycles. The first kappa shape index (κ1) is 44.2. The summed E-state index contributed by atoms with van der Waals surface area (Å²) >= 11 is 0. The molecule has 4 heteroatoms. The van der Waals surface area contributed by atoms with Crippen molar-refractivity contribution in [3.05, 3.63) is 307 Å². The fraction of sp³-hybridized carbons (Fsp3) is 0.0135. The van der Waals surface area contributed by atoms with Crippen LogP contribution in [0.1, 0.15) is 22.3 Å². The summed E-state index contributed by atoms with van der Waals surface area (Å²) in [5.41, 5.74) is 24.2. The molecule has 3 nitrogen and oxygen atoms in total. The van der Waals surface area contributed by atoms with Gasteiger partial charge in [-0.3, -0.25) is 4.98 Å². The van der Waals surface area contributed by atoms with Crippen molar-refractivity contribution < 1.29 is 4.39 Å². The highest BCUT2D eigenvalue weighted by molar-refractivity contribution is 6.27. The molecule has 78 heavy (non-hydrogen) atoms. The average molecular weight is 996 g/mol. The van der Waals surface area contributed by atoms with Crippen molar-refractivity contribution in [3.8, 4) is 66.8 Å². The van der Waals surface area contributed by atoms with Crippen LogP contribution in [0.25, 0.3) is 88.3 Å². The van der Waals surface area contributed by atoms with Gasteiger partial charge in [-0.15, -0.1) is 0 Å². The average Bonchev–Trinajstić information content (AvgIpc) is 2.65. The molecule has 0 N–H and O–H groups in total. The van der Waals surface area contributed by atoms with Crippen molar-refractivity contribution in [2.45, 2.75) is 5.41 Å². The molecule has 3 aliphatic rings. The Morgan fingerprint density at radius 1 is 0.295 bits per heavy atom. The Hall–Kier alpha value is -10.2. The monoisotopic (exact) mass is 995 g/mol. The van der Waals surface area contributed by atoms with E-state index in [1.807, 2.05) is 24.5 Å². The SMILES string of the molecule is Fc1ccccc1N(c1ccc(-c2c3c(c(-c4ccc(N(c5ccccc5)c5ccncc5)cc4)c4ccccc24)-c2cccc4cccc-3c24)cc1)c1cccc2c1-c1ccccc1C21c2ccccc2-c2ccccc21. The number of benzene rings is 12. The molecule has 0 aliphatic heterocycles. The number of hydrogen-bond donors (Lipinski definition) is 0. The lowest BCUT2D eigenvalue weighted by atomic mass is 9.70. The van der Waals surface area contributed by atoms with Crippen LogP contribution in [0, 0.1) is 5.82 Å². The van der Waals surface area contributed by atoms with Crippen molar-refractivity contribution in [2.24, 2.45) is 0 Å². The molecular weight excluding hydrogens is 950 g/mol. The minimum Gasteiger partial charge on any atom is -0.310 e. The van der Waals surface area contributed by atoms with Gasteiger partial charge < -0.3 is 9.80 Å². The summed E-state index contributed by atoms with van der Waals surface area (Å²) in [7, 11) is 0. The van der Waals surface area contributed by atoms with E-state index in [-0.39, 0.29) is 5.82 Å². The molecule has 0 atom stereocenters. The van der Waals surface area contributed by atoms with Crippen LogP contribution in [0.4, 0.5) is 38.5 Å². The summed E-state index contributed by atoms with van der Waals surface area (Å²) < 4.78 is 16.8. The van der Waals surface area contributed by atoms with Crippen molar-refractivity contribution in [2.75, 3.05) is 9.80 Å². The van der Waals surface area contributed by atoms with E-state index in [0.717, 1.165) is 50.7 Å². The van der Waals surface area contributed by atoms with Crippen LogP contribution in [0.15, 0.2) is 279 Å². The van der Waals surface area contributed by atoms with E-state index in [1.54, 1.807) is 12.1 Å². The number of fused-ring (bicyclic) bond motifs is 14. The van der Waals surface area contributed by atoms with Gasteiger partial charge in [0.05, 0.1) is 16.8 Å². The maximum atomic E-state index is 16.8. The highest BCUT2D eigenvalue weighted by atomic mass is 19.1. The fourth-order valence-corrected chi connectivity index (χ4v) is 13.8. The summed E-state index contributed by atoms with van der Waals surface area (Å²) in [5, 5.41) is 4.83. The first-order valence-electron chi connectivity index (χ1n) is 26.7. The van der Waals surface area contributed by atoms with E-state index in [1.165, 1.54) is 88.3 Å². The maximum absolute atomic E-state index is 16.8. The molecule has 0 unspecified atom stereocenters. The molecule has 0 saturated carbocycles. The zero-order chi connectivity index (χ0) is 51.5. The van der Waals surface area contributed by atoms with E-state index in [0.29, 0.717) is 5.69 Å². The lowest BCUT2D eigenvalue weighted by Gasteiger charge is -2.32. The molecule has 3 aliphatic carbocycles. The van der Waals surface area contributed by atoms with Gasteiger partial charge in [0.2, 0.25) is 0 Å². The van der Waals surface area contributed by atoms with Gasteiger partial charge in [-0.2, -0.15) is 0 Å². The first-order valence-corrected chi connectivity index (χ1v) is 26.7. The third-order valence-corrected chi connectivity index (χ3v) is 16.8. The topological polar surface area (TPSA) is 19.4 Å². The lowest BCUT2D eigenvalue weighted by Crippen LogP contribution is -2.26. The number of anilines is 6. The van der Waals surface area contributed by atoms with Crippen molar-refractivity contribution in [1.82, 2.24) is 4.98 Å². The van der Waals surface area contributed by atoms with Gasteiger partial charge in [0, 0.05) is 40.7 Å². The highest BCUT2D eigenvalue weighted by Crippen LogP contribution is 2.65. The maximum Gasteiger partial charge on any atom is 0.147 e. The number of hydrogen-bond acceptors (Lipinski definition) is 3. The van der Waals surface area contributed by atoms with Crippen LogP contribution in [-0.4, -0.2) is 4.98 Å². The minimum atomic E-state index is -0.543. The molecule has 0 bridgehead atoms. The van der Waals surface area contributed by atoms with E-state index in [9.17, 15) is 0 Å². The summed E-state index contributed by atoms with van der Waals surface area (Å²) in [5.74, 6) is -0.292. The fourth-order valence-electron chi connectivity index (χ4n) is 13.8. The Kier molecular flexibility index (Phi) is 9.73. The van der Waals surface area contributed by atoms with E-state index in [4.69, 9.17) is 0 Å². The van der Waals surface area contributed by atoms with Gasteiger partial charge in [-0.25, -0.2) is 4.39 Å². The summed E-state index contributed by atoms with van der Waals surface area (Å²) in [6.45, 7) is 0. The van der Waals surface area contributed by atoms with Crippen molar-refractivity contribution in [1.29, 1.82) is 0 Å². The largest absolute Gasteiger partial charge is 0.310 e. The molecule has 0 amide bonds. The van der Waals surface area contributed by atoms with Gasteiger partial charge in [0.1, 0.15) is 5.82 Å². The molecule has 1 spiro atoms. The van der Waals surface area contributed by atoms with Crippen LogP contribution >= 0.6 is 0 Å². The van der Waals surface area contributed by atoms with Crippen LogP contribution in [-0.2, 0) is 5.41 Å². The Bertz CT molecular complexity index is 4480. The molecule has 0 fully saturated rings. The van der Waals surface area contributed by atoms with Crippen molar-refractivity contribution in [3.63, 3.8) is 0 Å². The van der Waals surface area contributed by atoms with Crippen LogP contribution in [0.5, 0.6) is 0 Å². The number of nitrogens with zero attached hydrogens (tertiary/aromatic N) is 3. The summed E-state index contributed by atoms with van der Waals surface area (Å²) in [6, 6.07) is 95.3. The quantitative estimate of drug-likeness (QED) is 0.151. The van der Waals surface area contributed by atoms with Crippen LogP contribution < -0.4 is 9.80 Å². The molecule has 13 aromatic rings. The third-order valence-electron chi connectivity index (χ3n) is 16.8. The smallest absolute Gasteiger partial charge is 0.147 e. The van der Waals surface area contributed by atoms with E-state index < -0.39 is 5.41 Å². The second-order valence-corrected chi connectivity index (χ2v) is 20.6. The molecular formula is C74H46FN3. The molecule has 12 aromatic carbocycles. The Labute approximate surface area is 452 Å². The predicted molar refractivity (Wildman–Crippen MR) is 320 cm³/mol. The third kappa shape index (κ3) is 6.23. The number of pyridine rings is 1. The number of halogens is 1. The molecule has 16 rings (SSSR count). The normalized spacial score (nSPS) is 12.8. The predicted octanol–water partition coefficient (Wildman–Crippen LogP) is 19.8. The van der Waals surface area contributed by atoms with E-state index >= 15 is 4.39 Å². The zero-order valence-electron chi connectivity index (χ0n) is 42.3. The minimum absolute atomic E-state index is 0.292. The second-order valence-electron chi connectivity index (χ2n) is 20.6. The van der Waals surface area contributed by atoms with Crippen LogP contribution in [0.3, 0.4) is 0 Å². The van der Waals surface area contributed by atoms with Gasteiger partial charge in [-0.05, 0) is 172 Å². The Morgan fingerprint density at radius 2 is 0.731 bits per heavy atom.